The van der Waals surface area contributed by atoms with E-state index in [2.05, 4.69) is 53.7 Å². The maximum atomic E-state index is 12.9. The fourth-order valence-corrected chi connectivity index (χ4v) is 3.99. The smallest absolute Gasteiger partial charge is 0.262 e. The fourth-order valence-electron chi connectivity index (χ4n) is 3.15. The molecule has 2 aromatic heterocycles. The number of hydrogen-bond donors (Lipinski definition) is 1. The van der Waals surface area contributed by atoms with Gasteiger partial charge in [-0.2, -0.15) is 5.10 Å². The monoisotopic (exact) mass is 387 g/mol. The molecule has 0 fully saturated rings. The van der Waals surface area contributed by atoms with Gasteiger partial charge in [0.15, 0.2) is 0 Å². The molecule has 0 saturated heterocycles. The number of benzene rings is 2. The van der Waals surface area contributed by atoms with Crippen molar-refractivity contribution in [1.29, 1.82) is 0 Å². The van der Waals surface area contributed by atoms with E-state index < -0.39 is 0 Å². The third kappa shape index (κ3) is 4.05. The van der Waals surface area contributed by atoms with Crippen molar-refractivity contribution in [1.82, 2.24) is 15.1 Å². The Hall–Kier alpha value is -3.18. The van der Waals surface area contributed by atoms with Gasteiger partial charge in [-0.3, -0.25) is 9.48 Å². The lowest BCUT2D eigenvalue weighted by atomic mass is 10.0. The van der Waals surface area contributed by atoms with Crippen LogP contribution in [0.3, 0.4) is 0 Å². The highest BCUT2D eigenvalue weighted by atomic mass is 32.1. The molecular weight excluding hydrogens is 366 g/mol. The minimum absolute atomic E-state index is 0.0422. The van der Waals surface area contributed by atoms with Gasteiger partial charge in [0.25, 0.3) is 5.91 Å². The Morgan fingerprint density at radius 3 is 2.57 bits per heavy atom. The van der Waals surface area contributed by atoms with Crippen LogP contribution < -0.4 is 5.32 Å². The predicted octanol–water partition coefficient (Wildman–Crippen LogP) is 4.90. The van der Waals surface area contributed by atoms with Crippen molar-refractivity contribution >= 4 is 17.2 Å². The molecule has 2 aromatic carbocycles. The van der Waals surface area contributed by atoms with E-state index in [4.69, 9.17) is 0 Å². The summed E-state index contributed by atoms with van der Waals surface area (Å²) in [6.45, 7) is 3.24. The van der Waals surface area contributed by atoms with Gasteiger partial charge >= 0.3 is 0 Å². The highest BCUT2D eigenvalue weighted by molar-refractivity contribution is 7.12. The SMILES string of the molecule is Cc1ccc(-c2ccsc2C(=O)NCc2ccccc2Cn2cccn2)cc1. The van der Waals surface area contributed by atoms with Crippen molar-refractivity contribution in [3.8, 4) is 11.1 Å². The van der Waals surface area contributed by atoms with Crippen LogP contribution in [-0.4, -0.2) is 15.7 Å². The number of nitrogens with one attached hydrogen (secondary N) is 1. The van der Waals surface area contributed by atoms with E-state index in [9.17, 15) is 4.79 Å². The molecule has 0 atom stereocenters. The second kappa shape index (κ2) is 8.23. The first kappa shape index (κ1) is 18.2. The van der Waals surface area contributed by atoms with E-state index in [0.717, 1.165) is 27.1 Å². The summed E-state index contributed by atoms with van der Waals surface area (Å²) in [7, 11) is 0. The van der Waals surface area contributed by atoms with Crippen molar-refractivity contribution < 1.29 is 4.79 Å². The normalized spacial score (nSPS) is 10.8. The summed E-state index contributed by atoms with van der Waals surface area (Å²) < 4.78 is 1.88. The molecule has 0 spiro atoms. The average Bonchev–Trinajstić information content (AvgIpc) is 3.40. The van der Waals surface area contributed by atoms with Crippen LogP contribution in [0.1, 0.15) is 26.4 Å². The molecule has 0 bridgehead atoms. The molecule has 2 heterocycles. The minimum Gasteiger partial charge on any atom is -0.347 e. The zero-order chi connectivity index (χ0) is 19.3. The van der Waals surface area contributed by atoms with Crippen LogP contribution in [-0.2, 0) is 13.1 Å². The van der Waals surface area contributed by atoms with Crippen LogP contribution in [0.4, 0.5) is 0 Å². The van der Waals surface area contributed by atoms with E-state index in [1.807, 2.05) is 40.5 Å². The average molecular weight is 388 g/mol. The van der Waals surface area contributed by atoms with E-state index in [1.165, 1.54) is 16.9 Å². The molecule has 0 aliphatic rings. The summed E-state index contributed by atoms with van der Waals surface area (Å²) in [5, 5.41) is 9.32. The standard InChI is InChI=1S/C23H21N3OS/c1-17-7-9-18(10-8-17)21-11-14-28-22(21)23(27)24-15-19-5-2-3-6-20(19)16-26-13-4-12-25-26/h2-14H,15-16H2,1H3,(H,24,27). The van der Waals surface area contributed by atoms with Gasteiger partial charge in [0.05, 0.1) is 11.4 Å². The highest BCUT2D eigenvalue weighted by Gasteiger charge is 2.15. The van der Waals surface area contributed by atoms with E-state index in [1.54, 1.807) is 6.20 Å². The Morgan fingerprint density at radius 1 is 1.04 bits per heavy atom. The molecule has 1 N–H and O–H groups in total. The van der Waals surface area contributed by atoms with Gasteiger partial charge in [-0.05, 0) is 41.1 Å². The lowest BCUT2D eigenvalue weighted by molar-refractivity contribution is 0.0955. The van der Waals surface area contributed by atoms with Crippen LogP contribution >= 0.6 is 11.3 Å². The van der Waals surface area contributed by atoms with Gasteiger partial charge < -0.3 is 5.32 Å². The Morgan fingerprint density at radius 2 is 1.82 bits per heavy atom. The first-order valence-electron chi connectivity index (χ1n) is 9.17. The number of nitrogens with zero attached hydrogens (tertiary/aromatic N) is 2. The summed E-state index contributed by atoms with van der Waals surface area (Å²) >= 11 is 1.47. The molecule has 28 heavy (non-hydrogen) atoms. The van der Waals surface area contributed by atoms with Crippen molar-refractivity contribution in [3.05, 3.63) is 100 Å². The molecule has 0 aliphatic carbocycles. The van der Waals surface area contributed by atoms with Crippen molar-refractivity contribution in [3.63, 3.8) is 0 Å². The lowest BCUT2D eigenvalue weighted by Gasteiger charge is -2.11. The lowest BCUT2D eigenvalue weighted by Crippen LogP contribution is -2.23. The topological polar surface area (TPSA) is 46.9 Å². The molecule has 1 amide bonds. The van der Waals surface area contributed by atoms with Crippen molar-refractivity contribution in [2.45, 2.75) is 20.0 Å². The van der Waals surface area contributed by atoms with Crippen molar-refractivity contribution in [2.75, 3.05) is 0 Å². The highest BCUT2D eigenvalue weighted by Crippen LogP contribution is 2.28. The summed E-state index contributed by atoms with van der Waals surface area (Å²) in [4.78, 5) is 13.6. The molecular formula is C23H21N3OS. The maximum absolute atomic E-state index is 12.9. The van der Waals surface area contributed by atoms with Gasteiger partial charge in [0, 0.05) is 24.5 Å². The quantitative estimate of drug-likeness (QED) is 0.512. The fraction of sp³-hybridized carbons (Fsp3) is 0.130. The summed E-state index contributed by atoms with van der Waals surface area (Å²) in [6.07, 6.45) is 3.71. The van der Waals surface area contributed by atoms with E-state index in [0.29, 0.717) is 13.1 Å². The number of thiophene rings is 1. The van der Waals surface area contributed by atoms with Gasteiger partial charge in [0.1, 0.15) is 0 Å². The van der Waals surface area contributed by atoms with Crippen LogP contribution in [0.5, 0.6) is 0 Å². The van der Waals surface area contributed by atoms with Crippen LogP contribution in [0.15, 0.2) is 78.4 Å². The van der Waals surface area contributed by atoms with Crippen LogP contribution in [0.2, 0.25) is 0 Å². The number of hydrogen-bond acceptors (Lipinski definition) is 3. The van der Waals surface area contributed by atoms with Crippen LogP contribution in [0, 0.1) is 6.92 Å². The first-order chi connectivity index (χ1) is 13.7. The minimum atomic E-state index is -0.0422. The molecule has 4 rings (SSSR count). The zero-order valence-corrected chi connectivity index (χ0v) is 16.4. The molecule has 4 aromatic rings. The largest absolute Gasteiger partial charge is 0.347 e. The molecule has 140 valence electrons. The predicted molar refractivity (Wildman–Crippen MR) is 113 cm³/mol. The zero-order valence-electron chi connectivity index (χ0n) is 15.6. The molecule has 0 saturated carbocycles. The Balaban J connectivity index is 1.49. The number of aryl methyl sites for hydroxylation is 1. The molecule has 4 nitrogen and oxygen atoms in total. The Labute approximate surface area is 168 Å². The summed E-state index contributed by atoms with van der Waals surface area (Å²) in [5.74, 6) is -0.0422. The van der Waals surface area contributed by atoms with Gasteiger partial charge in [-0.15, -0.1) is 11.3 Å². The second-order valence-corrected chi connectivity index (χ2v) is 7.60. The molecule has 0 unspecified atom stereocenters. The number of carbonyl (C=O) groups excluding carboxylic acids is 1. The maximum Gasteiger partial charge on any atom is 0.262 e. The molecule has 0 aliphatic heterocycles. The number of rotatable bonds is 6. The number of aromatic nitrogens is 2. The third-order valence-electron chi connectivity index (χ3n) is 4.68. The van der Waals surface area contributed by atoms with E-state index in [-0.39, 0.29) is 5.91 Å². The first-order valence-corrected chi connectivity index (χ1v) is 10.1. The van der Waals surface area contributed by atoms with Gasteiger partial charge in [0.2, 0.25) is 0 Å². The number of carbonyl (C=O) groups is 1. The second-order valence-electron chi connectivity index (χ2n) is 6.68. The number of amides is 1. The van der Waals surface area contributed by atoms with Crippen molar-refractivity contribution in [2.24, 2.45) is 0 Å². The van der Waals surface area contributed by atoms with E-state index >= 15 is 0 Å². The van der Waals surface area contributed by atoms with Gasteiger partial charge in [-0.1, -0.05) is 54.1 Å². The van der Waals surface area contributed by atoms with Gasteiger partial charge in [-0.25, -0.2) is 0 Å². The molecule has 5 heteroatoms. The summed E-state index contributed by atoms with van der Waals surface area (Å²) in [6, 6.07) is 20.3. The Bertz CT molecular complexity index is 1070. The summed E-state index contributed by atoms with van der Waals surface area (Å²) in [5.41, 5.74) is 5.50. The third-order valence-corrected chi connectivity index (χ3v) is 5.60. The Kier molecular flexibility index (Phi) is 5.35. The van der Waals surface area contributed by atoms with Crippen LogP contribution in [0.25, 0.3) is 11.1 Å². The molecule has 0 radical (unpaired) electrons.